The van der Waals surface area contributed by atoms with Crippen molar-refractivity contribution in [3.05, 3.63) is 58.7 Å². The van der Waals surface area contributed by atoms with Gasteiger partial charge in [0.05, 0.1) is 22.8 Å². The van der Waals surface area contributed by atoms with Gasteiger partial charge < -0.3 is 14.2 Å². The van der Waals surface area contributed by atoms with Gasteiger partial charge in [-0.25, -0.2) is 13.6 Å². The van der Waals surface area contributed by atoms with Crippen molar-refractivity contribution in [3.63, 3.8) is 0 Å². The summed E-state index contributed by atoms with van der Waals surface area (Å²) in [6, 6.07) is 8.75. The van der Waals surface area contributed by atoms with Gasteiger partial charge in [0.15, 0.2) is 5.69 Å². The summed E-state index contributed by atoms with van der Waals surface area (Å²) in [6.07, 6.45) is 3.01. The molecule has 3 aromatic rings. The van der Waals surface area contributed by atoms with Crippen LogP contribution in [-0.4, -0.2) is 30.2 Å². The summed E-state index contributed by atoms with van der Waals surface area (Å²) in [5.41, 5.74) is 1.77. The highest BCUT2D eigenvalue weighted by Crippen LogP contribution is 2.42. The Morgan fingerprint density at radius 3 is 2.59 bits per heavy atom. The number of aromatic nitrogens is 1. The van der Waals surface area contributed by atoms with Crippen LogP contribution in [0.3, 0.4) is 0 Å². The third kappa shape index (κ3) is 3.46. The molecule has 1 saturated heterocycles. The van der Waals surface area contributed by atoms with Crippen LogP contribution in [0.25, 0.3) is 16.6 Å². The second kappa shape index (κ2) is 8.03. The largest absolute Gasteiger partial charge is 0.461 e. The maximum absolute atomic E-state index is 14.4. The van der Waals surface area contributed by atoms with E-state index < -0.39 is 17.6 Å². The van der Waals surface area contributed by atoms with Gasteiger partial charge in [-0.2, -0.15) is 0 Å². The second-order valence-corrected chi connectivity index (χ2v) is 7.41. The normalized spacial score (nSPS) is 14.4. The van der Waals surface area contributed by atoms with Gasteiger partial charge in [-0.15, -0.1) is 0 Å². The Bertz CT molecular complexity index is 1070. The Labute approximate surface area is 172 Å². The molecule has 0 radical (unpaired) electrons. The van der Waals surface area contributed by atoms with Gasteiger partial charge in [0, 0.05) is 24.2 Å². The highest BCUT2D eigenvalue weighted by molar-refractivity contribution is 6.37. The third-order valence-corrected chi connectivity index (χ3v) is 5.58. The molecule has 1 fully saturated rings. The quantitative estimate of drug-likeness (QED) is 0.507. The molecule has 29 heavy (non-hydrogen) atoms. The molecule has 0 bridgehead atoms. The summed E-state index contributed by atoms with van der Waals surface area (Å²) in [7, 11) is 0. The van der Waals surface area contributed by atoms with Crippen molar-refractivity contribution in [2.75, 3.05) is 24.6 Å². The Balaban J connectivity index is 2.11. The minimum Gasteiger partial charge on any atom is -0.461 e. The lowest BCUT2D eigenvalue weighted by Gasteiger charge is -2.29. The number of hydrogen-bond acceptors (Lipinski definition) is 3. The summed E-state index contributed by atoms with van der Waals surface area (Å²) >= 11 is 6.40. The maximum Gasteiger partial charge on any atom is 0.357 e. The van der Waals surface area contributed by atoms with E-state index >= 15 is 0 Å². The van der Waals surface area contributed by atoms with Gasteiger partial charge in [0.1, 0.15) is 11.6 Å². The SMILES string of the molecule is CCOC(=O)c1c(N2CCCCC2)c2c(Cl)c(F)ccc2n1-c1cccc(F)c1. The van der Waals surface area contributed by atoms with E-state index in [9.17, 15) is 13.6 Å². The van der Waals surface area contributed by atoms with E-state index in [0.717, 1.165) is 32.4 Å². The minimum atomic E-state index is -0.566. The minimum absolute atomic E-state index is 0.0521. The van der Waals surface area contributed by atoms with Crippen LogP contribution in [0, 0.1) is 11.6 Å². The molecule has 0 unspecified atom stereocenters. The molecule has 4 nitrogen and oxygen atoms in total. The molecule has 0 saturated carbocycles. The zero-order valence-corrected chi connectivity index (χ0v) is 16.8. The molecule has 0 N–H and O–H groups in total. The van der Waals surface area contributed by atoms with Crippen molar-refractivity contribution in [2.45, 2.75) is 26.2 Å². The van der Waals surface area contributed by atoms with Crippen molar-refractivity contribution in [1.29, 1.82) is 0 Å². The number of fused-ring (bicyclic) bond motifs is 1. The first-order valence-corrected chi connectivity index (χ1v) is 10.1. The molecule has 2 aromatic carbocycles. The van der Waals surface area contributed by atoms with Gasteiger partial charge in [0.2, 0.25) is 0 Å². The molecule has 0 aliphatic carbocycles. The van der Waals surface area contributed by atoms with Crippen LogP contribution in [-0.2, 0) is 4.74 Å². The van der Waals surface area contributed by atoms with E-state index in [4.69, 9.17) is 16.3 Å². The van der Waals surface area contributed by atoms with Crippen LogP contribution in [0.2, 0.25) is 5.02 Å². The number of carbonyl (C=O) groups excluding carboxylic acids is 1. The van der Waals surface area contributed by atoms with Gasteiger partial charge in [-0.1, -0.05) is 17.7 Å². The molecular formula is C22H21ClF2N2O2. The average molecular weight is 419 g/mol. The molecule has 152 valence electrons. The van der Waals surface area contributed by atoms with E-state index in [1.807, 2.05) is 0 Å². The van der Waals surface area contributed by atoms with E-state index in [-0.39, 0.29) is 17.3 Å². The fraction of sp³-hybridized carbons (Fsp3) is 0.318. The number of hydrogen-bond donors (Lipinski definition) is 0. The summed E-state index contributed by atoms with van der Waals surface area (Å²) < 4.78 is 35.4. The molecule has 1 aliphatic heterocycles. The zero-order chi connectivity index (χ0) is 20.5. The lowest BCUT2D eigenvalue weighted by atomic mass is 10.1. The predicted molar refractivity (Wildman–Crippen MR) is 110 cm³/mol. The summed E-state index contributed by atoms with van der Waals surface area (Å²) in [6.45, 7) is 3.36. The molecule has 1 aromatic heterocycles. The summed E-state index contributed by atoms with van der Waals surface area (Å²) in [5.74, 6) is -1.55. The van der Waals surface area contributed by atoms with Crippen LogP contribution < -0.4 is 4.90 Å². The Morgan fingerprint density at radius 2 is 1.90 bits per heavy atom. The number of benzene rings is 2. The van der Waals surface area contributed by atoms with Crippen LogP contribution in [0.5, 0.6) is 0 Å². The van der Waals surface area contributed by atoms with Gasteiger partial charge in [-0.05, 0) is 56.5 Å². The molecule has 2 heterocycles. The Kier molecular flexibility index (Phi) is 5.46. The standard InChI is InChI=1S/C22H21ClF2N2O2/c1-2-29-22(28)21-20(26-11-4-3-5-12-26)18-17(10-9-16(25)19(18)23)27(21)15-8-6-7-14(24)13-15/h6-10,13H,2-5,11-12H2,1H3. The number of nitrogens with zero attached hydrogens (tertiary/aromatic N) is 2. The molecule has 0 amide bonds. The number of carbonyl (C=O) groups is 1. The number of esters is 1. The lowest BCUT2D eigenvalue weighted by molar-refractivity contribution is 0.0518. The number of rotatable bonds is 4. The van der Waals surface area contributed by atoms with Crippen LogP contribution in [0.4, 0.5) is 14.5 Å². The first-order chi connectivity index (χ1) is 14.0. The molecule has 7 heteroatoms. The highest BCUT2D eigenvalue weighted by atomic mass is 35.5. The average Bonchev–Trinajstić information content (AvgIpc) is 3.07. The second-order valence-electron chi connectivity index (χ2n) is 7.04. The molecule has 4 rings (SSSR count). The van der Waals surface area contributed by atoms with E-state index in [2.05, 4.69) is 4.90 Å². The first kappa shape index (κ1) is 19.7. The van der Waals surface area contributed by atoms with Crippen LogP contribution >= 0.6 is 11.6 Å². The predicted octanol–water partition coefficient (Wildman–Crippen LogP) is 5.73. The zero-order valence-electron chi connectivity index (χ0n) is 16.1. The monoisotopic (exact) mass is 418 g/mol. The van der Waals surface area contributed by atoms with E-state index in [1.54, 1.807) is 29.7 Å². The fourth-order valence-electron chi connectivity index (χ4n) is 3.99. The molecular weight excluding hydrogens is 398 g/mol. The molecule has 0 atom stereocenters. The van der Waals surface area contributed by atoms with Gasteiger partial charge >= 0.3 is 5.97 Å². The fourth-order valence-corrected chi connectivity index (χ4v) is 4.24. The number of piperidine rings is 1. The third-order valence-electron chi connectivity index (χ3n) is 5.21. The van der Waals surface area contributed by atoms with Crippen molar-refractivity contribution in [1.82, 2.24) is 4.57 Å². The lowest BCUT2D eigenvalue weighted by Crippen LogP contribution is -2.31. The molecule has 1 aliphatic rings. The topological polar surface area (TPSA) is 34.5 Å². The molecule has 0 spiro atoms. The highest BCUT2D eigenvalue weighted by Gasteiger charge is 2.31. The Hall–Kier alpha value is -2.60. The van der Waals surface area contributed by atoms with Crippen LogP contribution in [0.15, 0.2) is 36.4 Å². The van der Waals surface area contributed by atoms with Gasteiger partial charge in [0.25, 0.3) is 0 Å². The summed E-state index contributed by atoms with van der Waals surface area (Å²) in [5, 5.41) is 0.393. The number of ether oxygens (including phenoxy) is 1. The number of halogens is 3. The van der Waals surface area contributed by atoms with E-state index in [1.165, 1.54) is 18.2 Å². The summed E-state index contributed by atoms with van der Waals surface area (Å²) in [4.78, 5) is 15.1. The van der Waals surface area contributed by atoms with Crippen molar-refractivity contribution < 1.29 is 18.3 Å². The maximum atomic E-state index is 14.4. The van der Waals surface area contributed by atoms with Crippen molar-refractivity contribution in [2.24, 2.45) is 0 Å². The van der Waals surface area contributed by atoms with E-state index in [0.29, 0.717) is 22.3 Å². The van der Waals surface area contributed by atoms with Crippen molar-refractivity contribution in [3.8, 4) is 5.69 Å². The smallest absolute Gasteiger partial charge is 0.357 e. The van der Waals surface area contributed by atoms with Gasteiger partial charge in [-0.3, -0.25) is 0 Å². The van der Waals surface area contributed by atoms with Crippen LogP contribution in [0.1, 0.15) is 36.7 Å². The Morgan fingerprint density at radius 1 is 1.14 bits per heavy atom. The number of anilines is 1. The van der Waals surface area contributed by atoms with Crippen molar-refractivity contribution >= 4 is 34.2 Å². The first-order valence-electron chi connectivity index (χ1n) is 9.73.